The molecule has 3 rings (SSSR count). The van der Waals surface area contributed by atoms with E-state index in [2.05, 4.69) is 21.2 Å². The van der Waals surface area contributed by atoms with Crippen LogP contribution in [0.15, 0.2) is 45.8 Å². The van der Waals surface area contributed by atoms with Crippen LogP contribution in [-0.4, -0.2) is 44.9 Å². The average Bonchev–Trinajstić information content (AvgIpc) is 2.66. The minimum Gasteiger partial charge on any atom is -0.379 e. The largest absolute Gasteiger partial charge is 0.379 e. The van der Waals surface area contributed by atoms with Gasteiger partial charge in [0.2, 0.25) is 10.0 Å². The Labute approximate surface area is 171 Å². The van der Waals surface area contributed by atoms with Gasteiger partial charge in [0.15, 0.2) is 0 Å². The second kappa shape index (κ2) is 8.28. The van der Waals surface area contributed by atoms with Gasteiger partial charge in [-0.05, 0) is 58.7 Å². The fraction of sp³-hybridized carbons (Fsp3) is 0.278. The molecule has 0 bridgehead atoms. The van der Waals surface area contributed by atoms with Gasteiger partial charge in [0.25, 0.3) is 5.91 Å². The van der Waals surface area contributed by atoms with Crippen molar-refractivity contribution in [2.45, 2.75) is 11.8 Å². The Kier molecular flexibility index (Phi) is 6.22. The van der Waals surface area contributed by atoms with Gasteiger partial charge in [-0.2, -0.15) is 4.31 Å². The van der Waals surface area contributed by atoms with Gasteiger partial charge in [-0.3, -0.25) is 4.79 Å². The molecule has 1 aliphatic heterocycles. The summed E-state index contributed by atoms with van der Waals surface area (Å²) in [5.41, 5.74) is 1.53. The summed E-state index contributed by atoms with van der Waals surface area (Å²) in [6.07, 6.45) is 0. The zero-order valence-electron chi connectivity index (χ0n) is 14.5. The Hall–Kier alpha value is -1.45. The van der Waals surface area contributed by atoms with Crippen LogP contribution in [0.4, 0.5) is 5.69 Å². The number of anilines is 1. The van der Waals surface area contributed by atoms with Gasteiger partial charge in [-0.25, -0.2) is 8.42 Å². The van der Waals surface area contributed by atoms with Crippen molar-refractivity contribution < 1.29 is 17.9 Å². The highest BCUT2D eigenvalue weighted by atomic mass is 79.9. The highest BCUT2D eigenvalue weighted by Gasteiger charge is 2.27. The maximum absolute atomic E-state index is 12.8. The van der Waals surface area contributed by atoms with E-state index in [1.807, 2.05) is 0 Å². The van der Waals surface area contributed by atoms with Crippen LogP contribution >= 0.6 is 27.5 Å². The van der Waals surface area contributed by atoms with Gasteiger partial charge in [0.1, 0.15) is 0 Å². The number of benzene rings is 2. The van der Waals surface area contributed by atoms with Gasteiger partial charge in [0, 0.05) is 28.3 Å². The van der Waals surface area contributed by atoms with Crippen molar-refractivity contribution in [3.8, 4) is 0 Å². The Morgan fingerprint density at radius 3 is 2.63 bits per heavy atom. The lowest BCUT2D eigenvalue weighted by atomic mass is 10.1. The molecule has 0 radical (unpaired) electrons. The number of nitrogens with zero attached hydrogens (tertiary/aromatic N) is 1. The number of nitrogens with one attached hydrogen (secondary N) is 1. The molecule has 1 fully saturated rings. The summed E-state index contributed by atoms with van der Waals surface area (Å²) in [5.74, 6) is -0.425. The first-order valence-corrected chi connectivity index (χ1v) is 10.9. The van der Waals surface area contributed by atoms with Crippen LogP contribution in [0.5, 0.6) is 0 Å². The Balaban J connectivity index is 1.91. The van der Waals surface area contributed by atoms with Gasteiger partial charge in [-0.15, -0.1) is 0 Å². The molecule has 0 spiro atoms. The van der Waals surface area contributed by atoms with Gasteiger partial charge >= 0.3 is 0 Å². The number of halogens is 2. The van der Waals surface area contributed by atoms with E-state index in [1.54, 1.807) is 31.2 Å². The average molecular weight is 474 g/mol. The van der Waals surface area contributed by atoms with Crippen molar-refractivity contribution in [2.75, 3.05) is 31.6 Å². The predicted octanol–water partition coefficient (Wildman–Crippen LogP) is 3.68. The van der Waals surface area contributed by atoms with E-state index in [9.17, 15) is 13.2 Å². The zero-order chi connectivity index (χ0) is 19.6. The summed E-state index contributed by atoms with van der Waals surface area (Å²) in [6.45, 7) is 3.10. The van der Waals surface area contributed by atoms with E-state index in [0.29, 0.717) is 41.5 Å². The fourth-order valence-electron chi connectivity index (χ4n) is 2.71. The lowest BCUT2D eigenvalue weighted by molar-refractivity contribution is 0.0730. The molecule has 27 heavy (non-hydrogen) atoms. The van der Waals surface area contributed by atoms with Crippen LogP contribution in [-0.2, 0) is 14.8 Å². The number of hydrogen-bond acceptors (Lipinski definition) is 4. The maximum atomic E-state index is 12.8. The van der Waals surface area contributed by atoms with Gasteiger partial charge in [-0.1, -0.05) is 17.7 Å². The summed E-state index contributed by atoms with van der Waals surface area (Å²) in [5, 5.41) is 3.32. The molecule has 2 aromatic rings. The molecule has 0 atom stereocenters. The van der Waals surface area contributed by atoms with E-state index in [1.165, 1.54) is 16.4 Å². The first-order valence-electron chi connectivity index (χ1n) is 8.24. The predicted molar refractivity (Wildman–Crippen MR) is 108 cm³/mol. The number of carbonyl (C=O) groups excluding carboxylic acids is 1. The van der Waals surface area contributed by atoms with Crippen molar-refractivity contribution in [1.29, 1.82) is 0 Å². The molecule has 1 amide bonds. The van der Waals surface area contributed by atoms with Gasteiger partial charge in [0.05, 0.1) is 23.7 Å². The normalized spacial score (nSPS) is 15.5. The molecule has 144 valence electrons. The first-order chi connectivity index (χ1) is 12.8. The van der Waals surface area contributed by atoms with Crippen molar-refractivity contribution in [2.24, 2.45) is 0 Å². The molecule has 1 N–H and O–H groups in total. The van der Waals surface area contributed by atoms with Gasteiger partial charge < -0.3 is 10.1 Å². The summed E-state index contributed by atoms with van der Waals surface area (Å²) in [6, 6.07) is 9.63. The molecule has 0 unspecified atom stereocenters. The highest BCUT2D eigenvalue weighted by molar-refractivity contribution is 9.10. The molecule has 0 aromatic heterocycles. The number of hydrogen-bond donors (Lipinski definition) is 1. The molecule has 0 aliphatic carbocycles. The van der Waals surface area contributed by atoms with Crippen LogP contribution in [0, 0.1) is 6.92 Å². The van der Waals surface area contributed by atoms with Crippen LogP contribution in [0.3, 0.4) is 0 Å². The third-order valence-electron chi connectivity index (χ3n) is 4.31. The maximum Gasteiger partial charge on any atom is 0.256 e. The third-order valence-corrected chi connectivity index (χ3v) is 7.30. The molecular weight excluding hydrogens is 456 g/mol. The second-order valence-electron chi connectivity index (χ2n) is 6.02. The molecule has 1 saturated heterocycles. The van der Waals surface area contributed by atoms with Crippen molar-refractivity contribution in [3.63, 3.8) is 0 Å². The first kappa shape index (κ1) is 20.3. The van der Waals surface area contributed by atoms with Crippen molar-refractivity contribution in [3.05, 3.63) is 57.0 Å². The molecule has 1 heterocycles. The number of sulfonamides is 1. The van der Waals surface area contributed by atoms with Crippen LogP contribution in [0.1, 0.15) is 15.9 Å². The highest BCUT2D eigenvalue weighted by Crippen LogP contribution is 2.27. The quantitative estimate of drug-likeness (QED) is 0.735. The lowest BCUT2D eigenvalue weighted by Gasteiger charge is -2.26. The fourth-order valence-corrected chi connectivity index (χ4v) is 4.74. The third kappa shape index (κ3) is 4.35. The number of rotatable bonds is 4. The molecule has 1 aliphatic rings. The standard InChI is InChI=1S/C18H18BrClN2O4S/c1-12-16(20)3-2-4-17(12)21-18(23)14-11-13(5-6-15(14)19)27(24,25)22-7-9-26-10-8-22/h2-6,11H,7-10H2,1H3,(H,21,23). The molecule has 2 aromatic carbocycles. The number of carbonyl (C=O) groups is 1. The van der Waals surface area contributed by atoms with E-state index in [4.69, 9.17) is 16.3 Å². The molecule has 9 heteroatoms. The van der Waals surface area contributed by atoms with Crippen molar-refractivity contribution >= 4 is 49.1 Å². The molecule has 6 nitrogen and oxygen atoms in total. The number of ether oxygens (including phenoxy) is 1. The minimum atomic E-state index is -3.69. The molecular formula is C18H18BrClN2O4S. The van der Waals surface area contributed by atoms with Crippen LogP contribution in [0.25, 0.3) is 0 Å². The Morgan fingerprint density at radius 1 is 1.22 bits per heavy atom. The van der Waals surface area contributed by atoms with E-state index in [-0.39, 0.29) is 10.5 Å². The lowest BCUT2D eigenvalue weighted by Crippen LogP contribution is -2.40. The monoisotopic (exact) mass is 472 g/mol. The SMILES string of the molecule is Cc1c(Cl)cccc1NC(=O)c1cc(S(=O)(=O)N2CCOCC2)ccc1Br. The summed E-state index contributed by atoms with van der Waals surface area (Å²) < 4.78 is 32.7. The van der Waals surface area contributed by atoms with E-state index in [0.717, 1.165) is 5.56 Å². The second-order valence-corrected chi connectivity index (χ2v) is 9.22. The van der Waals surface area contributed by atoms with Crippen LogP contribution < -0.4 is 5.32 Å². The number of amides is 1. The number of morpholine rings is 1. The van der Waals surface area contributed by atoms with Crippen LogP contribution in [0.2, 0.25) is 5.02 Å². The smallest absolute Gasteiger partial charge is 0.256 e. The van der Waals surface area contributed by atoms with E-state index >= 15 is 0 Å². The molecule has 0 saturated carbocycles. The summed E-state index contributed by atoms with van der Waals surface area (Å²) in [7, 11) is -3.69. The van der Waals surface area contributed by atoms with Crippen molar-refractivity contribution in [1.82, 2.24) is 4.31 Å². The summed E-state index contributed by atoms with van der Waals surface area (Å²) in [4.78, 5) is 12.8. The minimum absolute atomic E-state index is 0.0700. The Bertz CT molecular complexity index is 975. The summed E-state index contributed by atoms with van der Waals surface area (Å²) >= 11 is 9.41. The topological polar surface area (TPSA) is 75.7 Å². The Morgan fingerprint density at radius 2 is 1.93 bits per heavy atom. The zero-order valence-corrected chi connectivity index (χ0v) is 17.7. The van der Waals surface area contributed by atoms with E-state index < -0.39 is 15.9 Å².